The van der Waals surface area contributed by atoms with E-state index in [0.29, 0.717) is 25.9 Å². The number of rotatable bonds is 4. The van der Waals surface area contributed by atoms with Crippen molar-refractivity contribution in [3.05, 3.63) is 23.5 Å². The van der Waals surface area contributed by atoms with Gasteiger partial charge in [0.15, 0.2) is 0 Å². The summed E-state index contributed by atoms with van der Waals surface area (Å²) in [6, 6.07) is 1.54. The lowest BCUT2D eigenvalue weighted by molar-refractivity contribution is 0.151. The molecule has 0 spiro atoms. The van der Waals surface area contributed by atoms with Crippen LogP contribution in [0.2, 0.25) is 0 Å². The van der Waals surface area contributed by atoms with Crippen LogP contribution in [-0.4, -0.2) is 33.7 Å². The van der Waals surface area contributed by atoms with Crippen LogP contribution in [0.4, 0.5) is 18.9 Å². The van der Waals surface area contributed by atoms with Gasteiger partial charge in [-0.3, -0.25) is 4.72 Å². The van der Waals surface area contributed by atoms with Gasteiger partial charge in [-0.05, 0) is 18.9 Å². The zero-order valence-corrected chi connectivity index (χ0v) is 11.3. The molecule has 9 heteroatoms. The van der Waals surface area contributed by atoms with Crippen molar-refractivity contribution in [1.29, 1.82) is 0 Å². The number of alkyl halides is 2. The van der Waals surface area contributed by atoms with E-state index in [2.05, 4.69) is 0 Å². The van der Waals surface area contributed by atoms with Crippen LogP contribution in [0.1, 0.15) is 24.8 Å². The maximum atomic E-state index is 13.7. The predicted octanol–water partition coefficient (Wildman–Crippen LogP) is 1.31. The van der Waals surface area contributed by atoms with Crippen molar-refractivity contribution in [2.75, 3.05) is 17.8 Å². The third-order valence-corrected chi connectivity index (χ3v) is 4.54. The van der Waals surface area contributed by atoms with E-state index in [1.807, 2.05) is 4.72 Å². The minimum atomic E-state index is -3.95. The topological polar surface area (TPSA) is 49.4 Å². The number of nitrogens with one attached hydrogen (secondary N) is 1. The fourth-order valence-electron chi connectivity index (χ4n) is 2.00. The van der Waals surface area contributed by atoms with Crippen molar-refractivity contribution < 1.29 is 21.6 Å². The lowest BCUT2D eigenvalue weighted by atomic mass is 9.93. The van der Waals surface area contributed by atoms with Crippen LogP contribution in [0.5, 0.6) is 0 Å². The normalized spacial score (nSPS) is 16.8. The Morgan fingerprint density at radius 2 is 1.85 bits per heavy atom. The second kappa shape index (κ2) is 5.65. The van der Waals surface area contributed by atoms with Crippen molar-refractivity contribution in [1.82, 2.24) is 4.31 Å². The first-order valence-electron chi connectivity index (χ1n) is 5.96. The SMILES string of the molecule is [B]c1cc(C(F)F)cc(NS(=O)(=O)N2CCCC2)c1F. The van der Waals surface area contributed by atoms with Gasteiger partial charge in [-0.2, -0.15) is 12.7 Å². The molecule has 1 fully saturated rings. The molecule has 1 N–H and O–H groups in total. The van der Waals surface area contributed by atoms with Crippen LogP contribution >= 0.6 is 0 Å². The Bertz CT molecular complexity index is 604. The largest absolute Gasteiger partial charge is 0.301 e. The molecule has 1 saturated heterocycles. The van der Waals surface area contributed by atoms with Gasteiger partial charge in [0.1, 0.15) is 13.7 Å². The molecule has 1 aromatic carbocycles. The maximum Gasteiger partial charge on any atom is 0.301 e. The quantitative estimate of drug-likeness (QED) is 0.853. The van der Waals surface area contributed by atoms with Gasteiger partial charge in [-0.1, -0.05) is 11.5 Å². The highest BCUT2D eigenvalue weighted by Crippen LogP contribution is 2.24. The first-order valence-corrected chi connectivity index (χ1v) is 7.40. The van der Waals surface area contributed by atoms with E-state index in [1.54, 1.807) is 0 Å². The highest BCUT2D eigenvalue weighted by Gasteiger charge is 2.26. The molecule has 1 aliphatic heterocycles. The number of benzene rings is 1. The van der Waals surface area contributed by atoms with Gasteiger partial charge in [0.25, 0.3) is 6.43 Å². The third kappa shape index (κ3) is 3.09. The summed E-state index contributed by atoms with van der Waals surface area (Å²) in [7, 11) is 1.32. The van der Waals surface area contributed by atoms with E-state index in [9.17, 15) is 21.6 Å². The summed E-state index contributed by atoms with van der Waals surface area (Å²) in [4.78, 5) is 0. The van der Waals surface area contributed by atoms with Crippen LogP contribution in [0.25, 0.3) is 0 Å². The molecule has 0 aromatic heterocycles. The van der Waals surface area contributed by atoms with Crippen molar-refractivity contribution in [2.24, 2.45) is 0 Å². The Labute approximate surface area is 116 Å². The zero-order chi connectivity index (χ0) is 14.9. The van der Waals surface area contributed by atoms with Crippen LogP contribution in [0, 0.1) is 5.82 Å². The number of hydrogen-bond acceptors (Lipinski definition) is 2. The lowest BCUT2D eigenvalue weighted by Crippen LogP contribution is -2.34. The second-order valence-electron chi connectivity index (χ2n) is 4.49. The fraction of sp³-hybridized carbons (Fsp3) is 0.455. The molecule has 2 radical (unpaired) electrons. The van der Waals surface area contributed by atoms with E-state index in [-0.39, 0.29) is 0 Å². The lowest BCUT2D eigenvalue weighted by Gasteiger charge is -2.18. The predicted molar refractivity (Wildman–Crippen MR) is 70.1 cm³/mol. The van der Waals surface area contributed by atoms with E-state index in [0.717, 1.165) is 16.4 Å². The van der Waals surface area contributed by atoms with E-state index < -0.39 is 39.2 Å². The first-order chi connectivity index (χ1) is 9.31. The molecular weight excluding hydrogens is 292 g/mol. The van der Waals surface area contributed by atoms with E-state index in [1.165, 1.54) is 0 Å². The van der Waals surface area contributed by atoms with Gasteiger partial charge in [-0.15, -0.1) is 0 Å². The van der Waals surface area contributed by atoms with Gasteiger partial charge in [0, 0.05) is 18.7 Å². The summed E-state index contributed by atoms with van der Waals surface area (Å²) in [5, 5.41) is 0. The molecule has 1 aliphatic rings. The second-order valence-corrected chi connectivity index (χ2v) is 6.16. The molecule has 108 valence electrons. The van der Waals surface area contributed by atoms with Gasteiger partial charge in [-0.25, -0.2) is 13.2 Å². The molecule has 20 heavy (non-hydrogen) atoms. The number of hydrogen-bond donors (Lipinski definition) is 1. The van der Waals surface area contributed by atoms with E-state index in [4.69, 9.17) is 7.85 Å². The van der Waals surface area contributed by atoms with E-state index >= 15 is 0 Å². The molecule has 1 aromatic rings. The molecule has 0 saturated carbocycles. The molecule has 0 atom stereocenters. The zero-order valence-electron chi connectivity index (χ0n) is 10.4. The van der Waals surface area contributed by atoms with Gasteiger partial charge in [0.2, 0.25) is 0 Å². The van der Waals surface area contributed by atoms with Crippen molar-refractivity contribution in [3.63, 3.8) is 0 Å². The van der Waals surface area contributed by atoms with Gasteiger partial charge < -0.3 is 0 Å². The standard InChI is InChI=1S/C11H12BF3N2O2S/c12-8-5-7(11(14)15)6-9(10(8)13)16-20(18,19)17-3-1-2-4-17/h5-6,11,16H,1-4H2. The average molecular weight is 304 g/mol. The van der Waals surface area contributed by atoms with Crippen molar-refractivity contribution in [3.8, 4) is 0 Å². The molecule has 2 rings (SSSR count). The average Bonchev–Trinajstić information content (AvgIpc) is 2.88. The Hall–Kier alpha value is -1.22. The Morgan fingerprint density at radius 1 is 1.25 bits per heavy atom. The van der Waals surface area contributed by atoms with Crippen LogP contribution in [0.15, 0.2) is 12.1 Å². The van der Waals surface area contributed by atoms with Crippen LogP contribution in [-0.2, 0) is 10.2 Å². The summed E-state index contributed by atoms with van der Waals surface area (Å²) >= 11 is 0. The highest BCUT2D eigenvalue weighted by molar-refractivity contribution is 7.90. The van der Waals surface area contributed by atoms with Gasteiger partial charge >= 0.3 is 10.2 Å². The minimum absolute atomic E-state index is 0.320. The minimum Gasteiger partial charge on any atom is -0.268 e. The third-order valence-electron chi connectivity index (χ3n) is 3.02. The Kier molecular flexibility index (Phi) is 4.29. The number of nitrogens with zero attached hydrogens (tertiary/aromatic N) is 1. The number of halogens is 3. The molecular formula is C11H12BF3N2O2S. The number of anilines is 1. The summed E-state index contributed by atoms with van der Waals surface area (Å²) in [6.07, 6.45) is -1.45. The summed E-state index contributed by atoms with van der Waals surface area (Å²) in [5.74, 6) is -1.06. The van der Waals surface area contributed by atoms with Crippen molar-refractivity contribution >= 4 is 29.2 Å². The monoisotopic (exact) mass is 304 g/mol. The van der Waals surface area contributed by atoms with Crippen LogP contribution in [0.3, 0.4) is 0 Å². The summed E-state index contributed by atoms with van der Waals surface area (Å²) < 4.78 is 66.0. The van der Waals surface area contributed by atoms with Crippen LogP contribution < -0.4 is 10.2 Å². The maximum absolute atomic E-state index is 13.7. The van der Waals surface area contributed by atoms with Crippen molar-refractivity contribution in [2.45, 2.75) is 19.3 Å². The molecule has 0 amide bonds. The molecule has 0 bridgehead atoms. The highest BCUT2D eigenvalue weighted by atomic mass is 32.2. The summed E-state index contributed by atoms with van der Waals surface area (Å²) in [6.45, 7) is 0.641. The molecule has 4 nitrogen and oxygen atoms in total. The Morgan fingerprint density at radius 3 is 2.40 bits per heavy atom. The molecule has 0 unspecified atom stereocenters. The Balaban J connectivity index is 2.33. The summed E-state index contributed by atoms with van der Waals surface area (Å²) in [5.41, 5.74) is -1.63. The molecule has 0 aliphatic carbocycles. The fourth-order valence-corrected chi connectivity index (χ4v) is 3.30. The van der Waals surface area contributed by atoms with Gasteiger partial charge in [0.05, 0.1) is 5.69 Å². The first kappa shape index (κ1) is 15.2. The smallest absolute Gasteiger partial charge is 0.268 e. The molecule has 1 heterocycles.